The first-order valence-corrected chi connectivity index (χ1v) is 11.2. The van der Waals surface area contributed by atoms with E-state index in [9.17, 15) is 4.39 Å². The monoisotopic (exact) mass is 474 g/mol. The average Bonchev–Trinajstić information content (AvgIpc) is 3.48. The molecule has 34 heavy (non-hydrogen) atoms. The third-order valence-electron chi connectivity index (χ3n) is 5.91. The maximum absolute atomic E-state index is 14.1. The van der Waals surface area contributed by atoms with Gasteiger partial charge in [0.25, 0.3) is 0 Å². The first-order chi connectivity index (χ1) is 16.6. The van der Waals surface area contributed by atoms with E-state index in [2.05, 4.69) is 10.3 Å². The van der Waals surface area contributed by atoms with Crippen LogP contribution in [0.3, 0.4) is 0 Å². The summed E-state index contributed by atoms with van der Waals surface area (Å²) in [4.78, 5) is 6.62. The Labute approximate surface area is 202 Å². The van der Waals surface area contributed by atoms with Gasteiger partial charge in [-0.1, -0.05) is 12.1 Å². The highest BCUT2D eigenvalue weighted by molar-refractivity contribution is 7.80. The Morgan fingerprint density at radius 1 is 0.971 bits per heavy atom. The SMILES string of the molecule is COc1ccc(OC)c(N2C(=S)N[C@H](c3ccccn3)[C@@H]2c2cccn2-c2cccc(F)c2)c1. The van der Waals surface area contributed by atoms with Crippen LogP contribution in [0.25, 0.3) is 5.69 Å². The van der Waals surface area contributed by atoms with Gasteiger partial charge in [0.2, 0.25) is 0 Å². The van der Waals surface area contributed by atoms with Crippen LogP contribution in [0.5, 0.6) is 11.5 Å². The molecular formula is C26H23FN4O2S. The van der Waals surface area contributed by atoms with E-state index in [1.165, 1.54) is 12.1 Å². The maximum Gasteiger partial charge on any atom is 0.174 e. The Bertz CT molecular complexity index is 1330. The van der Waals surface area contributed by atoms with Crippen molar-refractivity contribution < 1.29 is 13.9 Å². The number of aromatic nitrogens is 2. The van der Waals surface area contributed by atoms with Gasteiger partial charge in [-0.3, -0.25) is 4.98 Å². The highest BCUT2D eigenvalue weighted by Gasteiger charge is 2.43. The summed E-state index contributed by atoms with van der Waals surface area (Å²) in [6, 6.07) is 21.3. The zero-order valence-corrected chi connectivity index (χ0v) is 19.5. The summed E-state index contributed by atoms with van der Waals surface area (Å²) in [6.45, 7) is 0. The maximum atomic E-state index is 14.1. The number of nitrogens with zero attached hydrogens (tertiary/aromatic N) is 3. The second kappa shape index (κ2) is 9.15. The van der Waals surface area contributed by atoms with E-state index in [1.807, 2.05) is 70.3 Å². The number of methoxy groups -OCH3 is 2. The summed E-state index contributed by atoms with van der Waals surface area (Å²) in [5.41, 5.74) is 3.23. The number of anilines is 1. The Morgan fingerprint density at radius 2 is 1.85 bits per heavy atom. The smallest absolute Gasteiger partial charge is 0.174 e. The van der Waals surface area contributed by atoms with Gasteiger partial charge in [0.05, 0.1) is 31.6 Å². The molecule has 172 valence electrons. The van der Waals surface area contributed by atoms with Crippen molar-refractivity contribution in [2.45, 2.75) is 12.1 Å². The third kappa shape index (κ3) is 3.86. The van der Waals surface area contributed by atoms with Gasteiger partial charge >= 0.3 is 0 Å². The molecule has 0 unspecified atom stereocenters. The molecule has 3 heterocycles. The van der Waals surface area contributed by atoms with Gasteiger partial charge < -0.3 is 24.3 Å². The number of ether oxygens (including phenoxy) is 2. The largest absolute Gasteiger partial charge is 0.497 e. The van der Waals surface area contributed by atoms with Gasteiger partial charge in [0, 0.05) is 29.8 Å². The topological polar surface area (TPSA) is 51.6 Å². The van der Waals surface area contributed by atoms with E-state index in [1.54, 1.807) is 26.5 Å². The zero-order valence-electron chi connectivity index (χ0n) is 18.7. The molecule has 1 fully saturated rings. The first kappa shape index (κ1) is 21.9. The van der Waals surface area contributed by atoms with Crippen molar-refractivity contribution in [3.63, 3.8) is 0 Å². The molecule has 1 saturated heterocycles. The Morgan fingerprint density at radius 3 is 2.59 bits per heavy atom. The van der Waals surface area contributed by atoms with E-state index in [4.69, 9.17) is 21.7 Å². The summed E-state index contributed by atoms with van der Waals surface area (Å²) >= 11 is 5.84. The molecule has 0 bridgehead atoms. The molecular weight excluding hydrogens is 451 g/mol. The van der Waals surface area contributed by atoms with Crippen LogP contribution in [0.15, 0.2) is 85.2 Å². The summed E-state index contributed by atoms with van der Waals surface area (Å²) in [7, 11) is 3.24. The predicted molar refractivity (Wildman–Crippen MR) is 133 cm³/mol. The number of benzene rings is 2. The minimum Gasteiger partial charge on any atom is -0.497 e. The van der Waals surface area contributed by atoms with Crippen LogP contribution >= 0.6 is 12.2 Å². The number of hydrogen-bond acceptors (Lipinski definition) is 4. The molecule has 2 aromatic heterocycles. The van der Waals surface area contributed by atoms with Crippen LogP contribution in [0, 0.1) is 5.82 Å². The van der Waals surface area contributed by atoms with Crippen LogP contribution in [0.4, 0.5) is 10.1 Å². The molecule has 0 amide bonds. The van der Waals surface area contributed by atoms with Gasteiger partial charge in [-0.25, -0.2) is 4.39 Å². The second-order valence-corrected chi connectivity index (χ2v) is 8.20. The average molecular weight is 475 g/mol. The Balaban J connectivity index is 1.71. The van der Waals surface area contributed by atoms with E-state index >= 15 is 0 Å². The summed E-state index contributed by atoms with van der Waals surface area (Å²) in [6.07, 6.45) is 3.68. The van der Waals surface area contributed by atoms with Crippen LogP contribution in [0.1, 0.15) is 23.5 Å². The molecule has 0 radical (unpaired) electrons. The van der Waals surface area contributed by atoms with E-state index < -0.39 is 0 Å². The zero-order chi connectivity index (χ0) is 23.7. The second-order valence-electron chi connectivity index (χ2n) is 7.82. The summed E-state index contributed by atoms with van der Waals surface area (Å²) in [5, 5.41) is 3.97. The lowest BCUT2D eigenvalue weighted by Gasteiger charge is -2.30. The fourth-order valence-electron chi connectivity index (χ4n) is 4.40. The normalized spacial score (nSPS) is 17.5. The molecule has 2 atom stereocenters. The lowest BCUT2D eigenvalue weighted by Crippen LogP contribution is -2.30. The number of hydrogen-bond donors (Lipinski definition) is 1. The van der Waals surface area contributed by atoms with Gasteiger partial charge in [0.1, 0.15) is 23.4 Å². The molecule has 0 aliphatic carbocycles. The molecule has 2 aromatic carbocycles. The van der Waals surface area contributed by atoms with Gasteiger partial charge in [-0.05, 0) is 66.8 Å². The van der Waals surface area contributed by atoms with Crippen molar-refractivity contribution >= 4 is 23.0 Å². The van der Waals surface area contributed by atoms with Crippen molar-refractivity contribution in [3.8, 4) is 17.2 Å². The van der Waals surface area contributed by atoms with E-state index in [-0.39, 0.29) is 17.9 Å². The third-order valence-corrected chi connectivity index (χ3v) is 6.23. The van der Waals surface area contributed by atoms with E-state index in [0.29, 0.717) is 16.6 Å². The number of halogens is 1. The van der Waals surface area contributed by atoms with Gasteiger partial charge in [0.15, 0.2) is 5.11 Å². The summed E-state index contributed by atoms with van der Waals surface area (Å²) < 4.78 is 27.2. The lowest BCUT2D eigenvalue weighted by molar-refractivity contribution is 0.402. The lowest BCUT2D eigenvalue weighted by atomic mass is 10.0. The van der Waals surface area contributed by atoms with E-state index in [0.717, 1.165) is 22.8 Å². The minimum absolute atomic E-state index is 0.258. The van der Waals surface area contributed by atoms with Crippen LogP contribution in [-0.4, -0.2) is 28.9 Å². The number of rotatable bonds is 6. The highest BCUT2D eigenvalue weighted by Crippen LogP contribution is 2.46. The fourth-order valence-corrected chi connectivity index (χ4v) is 4.73. The molecule has 8 heteroatoms. The predicted octanol–water partition coefficient (Wildman–Crippen LogP) is 5.21. The fraction of sp³-hybridized carbons (Fsp3) is 0.154. The Hall–Kier alpha value is -3.91. The van der Waals surface area contributed by atoms with Gasteiger partial charge in [-0.15, -0.1) is 0 Å². The van der Waals surface area contributed by atoms with Crippen molar-refractivity contribution in [1.29, 1.82) is 0 Å². The molecule has 4 aromatic rings. The van der Waals surface area contributed by atoms with Gasteiger partial charge in [-0.2, -0.15) is 0 Å². The molecule has 1 N–H and O–H groups in total. The number of pyridine rings is 1. The van der Waals surface area contributed by atoms with Crippen molar-refractivity contribution in [2.75, 3.05) is 19.1 Å². The molecule has 6 nitrogen and oxygen atoms in total. The van der Waals surface area contributed by atoms with Crippen molar-refractivity contribution in [1.82, 2.24) is 14.9 Å². The highest BCUT2D eigenvalue weighted by atomic mass is 32.1. The number of thiocarbonyl (C=S) groups is 1. The molecule has 5 rings (SSSR count). The van der Waals surface area contributed by atoms with Crippen molar-refractivity contribution in [2.24, 2.45) is 0 Å². The van der Waals surface area contributed by atoms with Crippen LogP contribution in [-0.2, 0) is 0 Å². The molecule has 1 aliphatic heterocycles. The Kier molecular flexibility index (Phi) is 5.90. The number of nitrogens with one attached hydrogen (secondary N) is 1. The molecule has 1 aliphatic rings. The standard InChI is InChI=1S/C26H23FN4O2S/c1-32-19-11-12-23(33-2)22(16-19)31-25(24(29-26(31)34)20-9-3-4-13-28-20)21-10-6-14-30(21)18-8-5-7-17(27)15-18/h3-16,24-25H,1-2H3,(H,29,34)/t24-,25+/m1/s1. The molecule has 0 saturated carbocycles. The first-order valence-electron chi connectivity index (χ1n) is 10.8. The van der Waals surface area contributed by atoms with Crippen LogP contribution in [0.2, 0.25) is 0 Å². The minimum atomic E-state index is -0.304. The quantitative estimate of drug-likeness (QED) is 0.388. The van der Waals surface area contributed by atoms with Crippen LogP contribution < -0.4 is 19.7 Å². The molecule has 0 spiro atoms. The van der Waals surface area contributed by atoms with Crippen molar-refractivity contribution in [3.05, 3.63) is 102 Å². The summed E-state index contributed by atoms with van der Waals surface area (Å²) in [5.74, 6) is 1.03.